The van der Waals surface area contributed by atoms with Crippen molar-refractivity contribution in [1.82, 2.24) is 4.98 Å². The zero-order valence-electron chi connectivity index (χ0n) is 10.2. The fourth-order valence-corrected chi connectivity index (χ4v) is 3.18. The Morgan fingerprint density at radius 2 is 2.06 bits per heavy atom. The minimum Gasteiger partial charge on any atom is -0.481 e. The lowest BCUT2D eigenvalue weighted by molar-refractivity contribution is 0.355. The summed E-state index contributed by atoms with van der Waals surface area (Å²) in [4.78, 5) is 6.57. The molecular weight excluding hydrogens is 214 g/mol. The predicted octanol–water partition coefficient (Wildman–Crippen LogP) is 1.26. The summed E-state index contributed by atoms with van der Waals surface area (Å²) in [5.41, 5.74) is 7.43. The van der Waals surface area contributed by atoms with Gasteiger partial charge in [0.25, 0.3) is 0 Å². The van der Waals surface area contributed by atoms with Gasteiger partial charge < -0.3 is 15.4 Å². The molecule has 3 rings (SSSR count). The molecule has 0 amide bonds. The van der Waals surface area contributed by atoms with E-state index in [2.05, 4.69) is 16.0 Å². The Kier molecular flexibility index (Phi) is 2.67. The number of methoxy groups -OCH3 is 1. The maximum Gasteiger partial charge on any atom is 0.214 e. The Morgan fingerprint density at radius 1 is 1.35 bits per heavy atom. The van der Waals surface area contributed by atoms with Crippen molar-refractivity contribution in [2.45, 2.75) is 18.9 Å². The smallest absolute Gasteiger partial charge is 0.214 e. The maximum atomic E-state index is 6.22. The molecule has 1 unspecified atom stereocenters. The van der Waals surface area contributed by atoms with Gasteiger partial charge in [0.2, 0.25) is 5.88 Å². The summed E-state index contributed by atoms with van der Waals surface area (Å²) in [7, 11) is 1.65. The SMILES string of the molecule is COc1cc(N2CC3CC[C@@H](C2)[C@@H]3N)ccn1. The van der Waals surface area contributed by atoms with Crippen molar-refractivity contribution < 1.29 is 4.74 Å². The van der Waals surface area contributed by atoms with E-state index >= 15 is 0 Å². The van der Waals surface area contributed by atoms with E-state index in [0.717, 1.165) is 13.1 Å². The lowest BCUT2D eigenvalue weighted by Gasteiger charge is -2.37. The standard InChI is InChI=1S/C13H19N3O/c1-17-12-6-11(4-5-15-12)16-7-9-2-3-10(8-16)13(9)14/h4-6,9-10,13H,2-3,7-8,14H2,1H3/t9-,10?,13-/m0/s1. The molecule has 1 saturated heterocycles. The highest BCUT2D eigenvalue weighted by atomic mass is 16.5. The zero-order chi connectivity index (χ0) is 11.8. The van der Waals surface area contributed by atoms with Crippen molar-refractivity contribution in [3.8, 4) is 5.88 Å². The van der Waals surface area contributed by atoms with Gasteiger partial charge >= 0.3 is 0 Å². The van der Waals surface area contributed by atoms with Gasteiger partial charge in [-0.1, -0.05) is 0 Å². The first-order valence-corrected chi connectivity index (χ1v) is 6.28. The molecule has 1 saturated carbocycles. The Labute approximate surface area is 102 Å². The second-order valence-electron chi connectivity index (χ2n) is 5.14. The van der Waals surface area contributed by atoms with E-state index in [9.17, 15) is 0 Å². The number of hydrogen-bond donors (Lipinski definition) is 1. The van der Waals surface area contributed by atoms with Crippen LogP contribution in [-0.4, -0.2) is 31.2 Å². The number of nitrogens with two attached hydrogens (primary N) is 1. The van der Waals surface area contributed by atoms with Crippen LogP contribution in [0.4, 0.5) is 5.69 Å². The summed E-state index contributed by atoms with van der Waals surface area (Å²) in [5.74, 6) is 2.01. The number of fused-ring (bicyclic) bond motifs is 2. The molecule has 2 heterocycles. The van der Waals surface area contributed by atoms with E-state index in [4.69, 9.17) is 10.5 Å². The monoisotopic (exact) mass is 233 g/mol. The van der Waals surface area contributed by atoms with Crippen LogP contribution in [0.25, 0.3) is 0 Å². The Bertz CT molecular complexity index is 395. The quantitative estimate of drug-likeness (QED) is 0.835. The molecule has 3 atom stereocenters. The van der Waals surface area contributed by atoms with Gasteiger partial charge in [-0.3, -0.25) is 0 Å². The van der Waals surface area contributed by atoms with E-state index in [0.29, 0.717) is 23.8 Å². The first-order chi connectivity index (χ1) is 8.28. The number of ether oxygens (including phenoxy) is 1. The lowest BCUT2D eigenvalue weighted by Crippen LogP contribution is -2.48. The van der Waals surface area contributed by atoms with Crippen LogP contribution in [0.5, 0.6) is 5.88 Å². The highest BCUT2D eigenvalue weighted by Gasteiger charge is 2.39. The van der Waals surface area contributed by atoms with Gasteiger partial charge in [0.05, 0.1) is 7.11 Å². The topological polar surface area (TPSA) is 51.4 Å². The van der Waals surface area contributed by atoms with Gasteiger partial charge in [-0.15, -0.1) is 0 Å². The number of hydrogen-bond acceptors (Lipinski definition) is 4. The molecule has 0 radical (unpaired) electrons. The summed E-state index contributed by atoms with van der Waals surface area (Å²) in [5, 5.41) is 0. The first-order valence-electron chi connectivity index (χ1n) is 6.28. The fraction of sp³-hybridized carbons (Fsp3) is 0.615. The number of rotatable bonds is 2. The van der Waals surface area contributed by atoms with E-state index in [1.54, 1.807) is 7.11 Å². The molecule has 1 aliphatic heterocycles. The van der Waals surface area contributed by atoms with Crippen molar-refractivity contribution in [1.29, 1.82) is 0 Å². The van der Waals surface area contributed by atoms with E-state index in [1.165, 1.54) is 18.5 Å². The summed E-state index contributed by atoms with van der Waals surface area (Å²) in [6.07, 6.45) is 4.37. The Balaban J connectivity index is 1.81. The lowest BCUT2D eigenvalue weighted by atomic mass is 9.93. The second-order valence-corrected chi connectivity index (χ2v) is 5.14. The maximum absolute atomic E-state index is 6.22. The molecule has 4 nitrogen and oxygen atoms in total. The second kappa shape index (κ2) is 4.18. The molecule has 4 heteroatoms. The summed E-state index contributed by atoms with van der Waals surface area (Å²) < 4.78 is 5.17. The minimum absolute atomic E-state index is 0.412. The minimum atomic E-state index is 0.412. The predicted molar refractivity (Wildman–Crippen MR) is 67.2 cm³/mol. The Hall–Kier alpha value is -1.29. The normalized spacial score (nSPS) is 31.6. The van der Waals surface area contributed by atoms with Crippen LogP contribution in [0.3, 0.4) is 0 Å². The van der Waals surface area contributed by atoms with Gasteiger partial charge in [0.1, 0.15) is 0 Å². The number of anilines is 1. The summed E-state index contributed by atoms with van der Waals surface area (Å²) in [6.45, 7) is 2.15. The third kappa shape index (κ3) is 1.86. The number of pyridine rings is 1. The molecule has 1 aliphatic carbocycles. The number of aromatic nitrogens is 1. The van der Waals surface area contributed by atoms with Crippen LogP contribution >= 0.6 is 0 Å². The van der Waals surface area contributed by atoms with Gasteiger partial charge in [0.15, 0.2) is 0 Å². The average Bonchev–Trinajstić information content (AvgIpc) is 2.61. The highest BCUT2D eigenvalue weighted by Crippen LogP contribution is 2.37. The van der Waals surface area contributed by atoms with E-state index < -0.39 is 0 Å². The molecule has 92 valence electrons. The summed E-state index contributed by atoms with van der Waals surface area (Å²) in [6, 6.07) is 4.48. The van der Waals surface area contributed by atoms with Crippen LogP contribution < -0.4 is 15.4 Å². The third-order valence-electron chi connectivity index (χ3n) is 4.20. The van der Waals surface area contributed by atoms with Crippen LogP contribution in [-0.2, 0) is 0 Å². The van der Waals surface area contributed by atoms with Gasteiger partial charge in [-0.25, -0.2) is 4.98 Å². The van der Waals surface area contributed by atoms with Gasteiger partial charge in [0, 0.05) is 37.1 Å². The molecule has 0 spiro atoms. The number of nitrogens with zero attached hydrogens (tertiary/aromatic N) is 2. The van der Waals surface area contributed by atoms with Crippen LogP contribution in [0, 0.1) is 11.8 Å². The first kappa shape index (κ1) is 10.8. The largest absolute Gasteiger partial charge is 0.481 e. The average molecular weight is 233 g/mol. The van der Waals surface area contributed by atoms with Crippen molar-refractivity contribution in [2.75, 3.05) is 25.1 Å². The van der Waals surface area contributed by atoms with Crippen LogP contribution in [0.2, 0.25) is 0 Å². The van der Waals surface area contributed by atoms with Crippen LogP contribution in [0.1, 0.15) is 12.8 Å². The molecule has 2 aliphatic rings. The molecule has 0 aromatic carbocycles. The van der Waals surface area contributed by atoms with Crippen molar-refractivity contribution >= 4 is 5.69 Å². The molecular formula is C13H19N3O. The third-order valence-corrected chi connectivity index (χ3v) is 4.20. The molecule has 2 bridgehead atoms. The van der Waals surface area contributed by atoms with Crippen molar-refractivity contribution in [2.24, 2.45) is 17.6 Å². The van der Waals surface area contributed by atoms with Crippen molar-refractivity contribution in [3.05, 3.63) is 18.3 Å². The Morgan fingerprint density at radius 3 is 2.71 bits per heavy atom. The van der Waals surface area contributed by atoms with E-state index in [1.807, 2.05) is 12.3 Å². The fourth-order valence-electron chi connectivity index (χ4n) is 3.18. The summed E-state index contributed by atoms with van der Waals surface area (Å²) >= 11 is 0. The van der Waals surface area contributed by atoms with Gasteiger partial charge in [-0.2, -0.15) is 0 Å². The van der Waals surface area contributed by atoms with Gasteiger partial charge in [-0.05, 0) is 30.7 Å². The molecule has 1 aromatic heterocycles. The van der Waals surface area contributed by atoms with Crippen LogP contribution in [0.15, 0.2) is 18.3 Å². The zero-order valence-corrected chi connectivity index (χ0v) is 10.2. The van der Waals surface area contributed by atoms with Crippen molar-refractivity contribution in [3.63, 3.8) is 0 Å². The number of piperidine rings is 1. The molecule has 17 heavy (non-hydrogen) atoms. The molecule has 1 aromatic rings. The highest BCUT2D eigenvalue weighted by molar-refractivity contribution is 5.49. The molecule has 2 N–H and O–H groups in total. The molecule has 2 fully saturated rings. The van der Waals surface area contributed by atoms with E-state index in [-0.39, 0.29) is 0 Å².